The van der Waals surface area contributed by atoms with E-state index in [0.717, 1.165) is 22.8 Å². The third-order valence-corrected chi connectivity index (χ3v) is 5.12. The quantitative estimate of drug-likeness (QED) is 0.811. The van der Waals surface area contributed by atoms with Crippen molar-refractivity contribution in [3.05, 3.63) is 16.5 Å². The molecule has 0 spiro atoms. The molecule has 0 saturated heterocycles. The summed E-state index contributed by atoms with van der Waals surface area (Å²) in [5.74, 6) is 2.60. The number of hydrogen-bond acceptors (Lipinski definition) is 3. The van der Waals surface area contributed by atoms with Crippen molar-refractivity contribution in [2.24, 2.45) is 5.41 Å². The maximum Gasteiger partial charge on any atom is 0.135 e. The van der Waals surface area contributed by atoms with Gasteiger partial charge in [-0.1, -0.05) is 19.8 Å². The van der Waals surface area contributed by atoms with Crippen LogP contribution in [0.15, 0.2) is 10.7 Å². The van der Waals surface area contributed by atoms with Gasteiger partial charge in [-0.05, 0) is 53.4 Å². The number of aromatic nitrogens is 2. The molecular formula is C15H22BrN3. The Morgan fingerprint density at radius 3 is 2.68 bits per heavy atom. The van der Waals surface area contributed by atoms with Gasteiger partial charge in [0.1, 0.15) is 16.2 Å². The predicted molar refractivity (Wildman–Crippen MR) is 81.4 cm³/mol. The van der Waals surface area contributed by atoms with Crippen LogP contribution in [0.1, 0.15) is 63.6 Å². The summed E-state index contributed by atoms with van der Waals surface area (Å²) in [5.41, 5.74) is 0.497. The molecule has 3 rings (SSSR count). The normalized spacial score (nSPS) is 21.6. The lowest BCUT2D eigenvalue weighted by molar-refractivity contribution is 0.306. The summed E-state index contributed by atoms with van der Waals surface area (Å²) in [6, 6.07) is 2.00. The van der Waals surface area contributed by atoms with Crippen molar-refractivity contribution >= 4 is 21.7 Å². The summed E-state index contributed by atoms with van der Waals surface area (Å²) in [6.07, 6.45) is 9.24. The first-order valence-electron chi connectivity index (χ1n) is 7.49. The first-order chi connectivity index (χ1) is 9.21. The summed E-state index contributed by atoms with van der Waals surface area (Å²) in [4.78, 5) is 9.15. The fourth-order valence-corrected chi connectivity index (χ4v) is 3.51. The predicted octanol–water partition coefficient (Wildman–Crippen LogP) is 4.50. The van der Waals surface area contributed by atoms with Crippen molar-refractivity contribution in [2.45, 2.75) is 57.8 Å². The average Bonchev–Trinajstić information content (AvgIpc) is 3.16. The number of halogens is 1. The first-order valence-corrected chi connectivity index (χ1v) is 8.28. The Balaban J connectivity index is 1.69. The van der Waals surface area contributed by atoms with Crippen molar-refractivity contribution in [1.82, 2.24) is 9.97 Å². The molecule has 0 bridgehead atoms. The Bertz CT molecular complexity index is 451. The van der Waals surface area contributed by atoms with Gasteiger partial charge in [0.2, 0.25) is 0 Å². The van der Waals surface area contributed by atoms with Gasteiger partial charge in [0.25, 0.3) is 0 Å². The molecule has 0 amide bonds. The van der Waals surface area contributed by atoms with E-state index in [-0.39, 0.29) is 0 Å². The van der Waals surface area contributed by atoms with E-state index in [1.807, 2.05) is 6.07 Å². The maximum absolute atomic E-state index is 4.67. The lowest BCUT2D eigenvalue weighted by atomic mass is 9.83. The molecule has 0 atom stereocenters. The highest BCUT2D eigenvalue weighted by Gasteiger charge is 2.32. The molecular weight excluding hydrogens is 302 g/mol. The lowest BCUT2D eigenvalue weighted by Crippen LogP contribution is -2.26. The molecule has 2 aliphatic rings. The fraction of sp³-hybridized carbons (Fsp3) is 0.733. The van der Waals surface area contributed by atoms with Crippen LogP contribution in [0, 0.1) is 5.41 Å². The average molecular weight is 324 g/mol. The Labute approximate surface area is 123 Å². The van der Waals surface area contributed by atoms with E-state index in [9.17, 15) is 0 Å². The maximum atomic E-state index is 4.67. The molecule has 0 radical (unpaired) electrons. The molecule has 2 aliphatic carbocycles. The summed E-state index contributed by atoms with van der Waals surface area (Å²) in [5, 5.41) is 3.56. The first kappa shape index (κ1) is 13.3. The Hall–Kier alpha value is -0.640. The number of nitrogens with zero attached hydrogens (tertiary/aromatic N) is 2. The van der Waals surface area contributed by atoms with E-state index in [1.165, 1.54) is 44.9 Å². The largest absolute Gasteiger partial charge is 0.369 e. The van der Waals surface area contributed by atoms with Crippen LogP contribution in [-0.4, -0.2) is 16.5 Å². The molecule has 0 aromatic carbocycles. The van der Waals surface area contributed by atoms with E-state index in [1.54, 1.807) is 0 Å². The van der Waals surface area contributed by atoms with Gasteiger partial charge in [0, 0.05) is 18.5 Å². The van der Waals surface area contributed by atoms with E-state index in [2.05, 4.69) is 38.1 Å². The molecule has 0 unspecified atom stereocenters. The van der Waals surface area contributed by atoms with Crippen LogP contribution >= 0.6 is 15.9 Å². The third kappa shape index (κ3) is 3.10. The SMILES string of the molecule is CCC1(CNc2cc(Br)nc(C3CC3)n2)CCCC1. The van der Waals surface area contributed by atoms with Gasteiger partial charge in [0.05, 0.1) is 0 Å². The summed E-state index contributed by atoms with van der Waals surface area (Å²) < 4.78 is 0.906. The molecule has 1 heterocycles. The Kier molecular flexibility index (Phi) is 3.79. The number of hydrogen-bond donors (Lipinski definition) is 1. The minimum atomic E-state index is 0.497. The van der Waals surface area contributed by atoms with Crippen LogP contribution in [0.3, 0.4) is 0 Å². The van der Waals surface area contributed by atoms with E-state index in [0.29, 0.717) is 11.3 Å². The van der Waals surface area contributed by atoms with Crippen LogP contribution in [0.2, 0.25) is 0 Å². The molecule has 1 aromatic rings. The van der Waals surface area contributed by atoms with Crippen molar-refractivity contribution in [1.29, 1.82) is 0 Å². The van der Waals surface area contributed by atoms with Gasteiger partial charge in [-0.3, -0.25) is 0 Å². The summed E-state index contributed by atoms with van der Waals surface area (Å²) >= 11 is 3.50. The Morgan fingerprint density at radius 2 is 2.05 bits per heavy atom. The number of nitrogens with one attached hydrogen (secondary N) is 1. The molecule has 19 heavy (non-hydrogen) atoms. The smallest absolute Gasteiger partial charge is 0.135 e. The van der Waals surface area contributed by atoms with Gasteiger partial charge in [-0.15, -0.1) is 0 Å². The van der Waals surface area contributed by atoms with Gasteiger partial charge >= 0.3 is 0 Å². The molecule has 3 nitrogen and oxygen atoms in total. The molecule has 4 heteroatoms. The minimum absolute atomic E-state index is 0.497. The van der Waals surface area contributed by atoms with Gasteiger partial charge in [-0.2, -0.15) is 0 Å². The highest BCUT2D eigenvalue weighted by atomic mass is 79.9. The summed E-state index contributed by atoms with van der Waals surface area (Å²) in [7, 11) is 0. The van der Waals surface area contributed by atoms with Crippen molar-refractivity contribution in [2.75, 3.05) is 11.9 Å². The molecule has 2 fully saturated rings. The second-order valence-corrected chi connectivity index (χ2v) is 6.94. The van der Waals surface area contributed by atoms with Crippen LogP contribution in [0.4, 0.5) is 5.82 Å². The van der Waals surface area contributed by atoms with Crippen molar-refractivity contribution in [3.63, 3.8) is 0 Å². The van der Waals surface area contributed by atoms with E-state index < -0.39 is 0 Å². The highest BCUT2D eigenvalue weighted by molar-refractivity contribution is 9.10. The zero-order valence-corrected chi connectivity index (χ0v) is 13.2. The third-order valence-electron chi connectivity index (χ3n) is 4.71. The van der Waals surface area contributed by atoms with E-state index in [4.69, 9.17) is 0 Å². The topological polar surface area (TPSA) is 37.8 Å². The molecule has 1 aromatic heterocycles. The standard InChI is InChI=1S/C15H22BrN3/c1-2-15(7-3-4-8-15)10-17-13-9-12(16)18-14(19-13)11-5-6-11/h9,11H,2-8,10H2,1H3,(H,17,18,19). The van der Waals surface area contributed by atoms with Gasteiger partial charge in [0.15, 0.2) is 0 Å². The molecule has 2 saturated carbocycles. The van der Waals surface area contributed by atoms with Crippen LogP contribution < -0.4 is 5.32 Å². The molecule has 104 valence electrons. The van der Waals surface area contributed by atoms with Crippen LogP contribution in [0.25, 0.3) is 0 Å². The van der Waals surface area contributed by atoms with E-state index >= 15 is 0 Å². The molecule has 0 aliphatic heterocycles. The second-order valence-electron chi connectivity index (χ2n) is 6.12. The second kappa shape index (κ2) is 5.39. The fourth-order valence-electron chi connectivity index (χ4n) is 3.11. The lowest BCUT2D eigenvalue weighted by Gasteiger charge is -2.28. The van der Waals surface area contributed by atoms with Gasteiger partial charge in [-0.25, -0.2) is 9.97 Å². The number of rotatable bonds is 5. The highest BCUT2D eigenvalue weighted by Crippen LogP contribution is 2.41. The van der Waals surface area contributed by atoms with Crippen LogP contribution in [-0.2, 0) is 0 Å². The van der Waals surface area contributed by atoms with Gasteiger partial charge < -0.3 is 5.32 Å². The monoisotopic (exact) mass is 323 g/mol. The minimum Gasteiger partial charge on any atom is -0.369 e. The molecule has 1 N–H and O–H groups in total. The van der Waals surface area contributed by atoms with Crippen molar-refractivity contribution < 1.29 is 0 Å². The van der Waals surface area contributed by atoms with Crippen molar-refractivity contribution in [3.8, 4) is 0 Å². The Morgan fingerprint density at radius 1 is 1.32 bits per heavy atom. The van der Waals surface area contributed by atoms with Crippen LogP contribution in [0.5, 0.6) is 0 Å². The number of anilines is 1. The summed E-state index contributed by atoms with van der Waals surface area (Å²) in [6.45, 7) is 3.37. The zero-order valence-electron chi connectivity index (χ0n) is 11.6. The zero-order chi connectivity index (χ0) is 13.3.